The van der Waals surface area contributed by atoms with Crippen LogP contribution in [0.4, 0.5) is 0 Å². The zero-order valence-electron chi connectivity index (χ0n) is 13.0. The smallest absolute Gasteiger partial charge is 0.258 e. The molecule has 1 aromatic carbocycles. The maximum atomic E-state index is 12.6. The normalized spacial score (nSPS) is 16.1. The molecule has 0 spiro atoms. The molecule has 2 amide bonds. The third-order valence-electron chi connectivity index (χ3n) is 3.66. The Morgan fingerprint density at radius 2 is 1.86 bits per heavy atom. The Hall–Kier alpha value is -2.04. The summed E-state index contributed by atoms with van der Waals surface area (Å²) in [5.41, 5.74) is 0.286. The van der Waals surface area contributed by atoms with Crippen molar-refractivity contribution in [1.29, 1.82) is 0 Å². The van der Waals surface area contributed by atoms with Gasteiger partial charge in [-0.3, -0.25) is 9.59 Å². The van der Waals surface area contributed by atoms with E-state index in [4.69, 9.17) is 4.74 Å². The summed E-state index contributed by atoms with van der Waals surface area (Å²) in [6.45, 7) is 7.23. The summed E-state index contributed by atoms with van der Waals surface area (Å²) in [4.78, 5) is 28.2. The second-order valence-electron chi connectivity index (χ2n) is 6.14. The Balaban J connectivity index is 2.14. The molecule has 1 saturated heterocycles. The van der Waals surface area contributed by atoms with Crippen LogP contribution in [0.15, 0.2) is 24.3 Å². The first-order valence-electron chi connectivity index (χ1n) is 7.07. The number of methoxy groups -OCH3 is 1. The van der Waals surface area contributed by atoms with Crippen LogP contribution >= 0.6 is 0 Å². The van der Waals surface area contributed by atoms with Crippen LogP contribution in [0, 0.1) is 0 Å². The van der Waals surface area contributed by atoms with Crippen LogP contribution in [0.25, 0.3) is 0 Å². The Morgan fingerprint density at radius 3 is 2.43 bits per heavy atom. The molecule has 1 heterocycles. The maximum Gasteiger partial charge on any atom is 0.258 e. The fourth-order valence-corrected chi connectivity index (χ4v) is 2.55. The van der Waals surface area contributed by atoms with Crippen molar-refractivity contribution in [2.24, 2.45) is 0 Å². The van der Waals surface area contributed by atoms with E-state index in [0.717, 1.165) is 0 Å². The highest BCUT2D eigenvalue weighted by Crippen LogP contribution is 2.22. The number of hydrogen-bond acceptors (Lipinski definition) is 3. The van der Waals surface area contributed by atoms with Crippen molar-refractivity contribution in [3.8, 4) is 5.75 Å². The molecule has 0 saturated carbocycles. The van der Waals surface area contributed by atoms with Crippen molar-refractivity contribution in [3.63, 3.8) is 0 Å². The third-order valence-corrected chi connectivity index (χ3v) is 3.66. The predicted octanol–water partition coefficient (Wildman–Crippen LogP) is 1.78. The highest BCUT2D eigenvalue weighted by molar-refractivity contribution is 5.99. The zero-order chi connectivity index (χ0) is 15.6. The van der Waals surface area contributed by atoms with E-state index in [1.807, 2.05) is 31.7 Å². The first kappa shape index (κ1) is 15.4. The fourth-order valence-electron chi connectivity index (χ4n) is 2.55. The number of nitrogens with zero attached hydrogens (tertiary/aromatic N) is 2. The predicted molar refractivity (Wildman–Crippen MR) is 80.4 cm³/mol. The first-order chi connectivity index (χ1) is 9.84. The standard InChI is InChI=1S/C16H22N2O3/c1-16(2,3)18-10-9-17(11-14(18)19)15(20)12-7-5-6-8-13(12)21-4/h5-8H,9-11H2,1-4H3. The number of piperazine rings is 1. The lowest BCUT2D eigenvalue weighted by molar-refractivity contribution is -0.140. The summed E-state index contributed by atoms with van der Waals surface area (Å²) in [6, 6.07) is 7.09. The molecule has 0 radical (unpaired) electrons. The van der Waals surface area contributed by atoms with Crippen LogP contribution in [0.5, 0.6) is 5.75 Å². The summed E-state index contributed by atoms with van der Waals surface area (Å²) in [6.07, 6.45) is 0. The molecule has 1 aliphatic rings. The van der Waals surface area contributed by atoms with Gasteiger partial charge in [-0.15, -0.1) is 0 Å². The second kappa shape index (κ2) is 5.76. The van der Waals surface area contributed by atoms with E-state index in [2.05, 4.69) is 0 Å². The molecule has 2 rings (SSSR count). The Kier molecular flexibility index (Phi) is 4.21. The van der Waals surface area contributed by atoms with Gasteiger partial charge in [0.15, 0.2) is 0 Å². The lowest BCUT2D eigenvalue weighted by Crippen LogP contribution is -2.58. The summed E-state index contributed by atoms with van der Waals surface area (Å²) in [5, 5.41) is 0. The minimum absolute atomic E-state index is 0.0167. The number of rotatable bonds is 2. The van der Waals surface area contributed by atoms with Crippen LogP contribution in [0.2, 0.25) is 0 Å². The van der Waals surface area contributed by atoms with E-state index in [1.54, 1.807) is 23.1 Å². The monoisotopic (exact) mass is 290 g/mol. The summed E-state index contributed by atoms with van der Waals surface area (Å²) in [7, 11) is 1.54. The van der Waals surface area contributed by atoms with E-state index in [-0.39, 0.29) is 23.9 Å². The molecule has 1 fully saturated rings. The molecule has 1 aromatic rings. The highest BCUT2D eigenvalue weighted by Gasteiger charge is 2.34. The number of benzene rings is 1. The average molecular weight is 290 g/mol. The molecule has 0 N–H and O–H groups in total. The molecular formula is C16H22N2O3. The third kappa shape index (κ3) is 3.17. The van der Waals surface area contributed by atoms with Gasteiger partial charge in [-0.25, -0.2) is 0 Å². The van der Waals surface area contributed by atoms with Gasteiger partial charge in [-0.2, -0.15) is 0 Å². The largest absolute Gasteiger partial charge is 0.496 e. The Labute approximate surface area is 125 Å². The SMILES string of the molecule is COc1ccccc1C(=O)N1CCN(C(C)(C)C)C(=O)C1. The number of carbonyl (C=O) groups excluding carboxylic acids is 2. The lowest BCUT2D eigenvalue weighted by atomic mass is 10.0. The molecule has 1 aliphatic heterocycles. The molecule has 0 bridgehead atoms. The summed E-state index contributed by atoms with van der Waals surface area (Å²) >= 11 is 0. The molecule has 0 atom stereocenters. The fraction of sp³-hybridized carbons (Fsp3) is 0.500. The Morgan fingerprint density at radius 1 is 1.19 bits per heavy atom. The molecule has 5 heteroatoms. The van der Waals surface area contributed by atoms with Gasteiger partial charge in [-0.05, 0) is 32.9 Å². The molecule has 5 nitrogen and oxygen atoms in total. The van der Waals surface area contributed by atoms with Crippen molar-refractivity contribution in [3.05, 3.63) is 29.8 Å². The Bertz CT molecular complexity index is 549. The van der Waals surface area contributed by atoms with Crippen LogP contribution < -0.4 is 4.74 Å². The van der Waals surface area contributed by atoms with Crippen molar-refractivity contribution in [2.45, 2.75) is 26.3 Å². The van der Waals surface area contributed by atoms with Crippen LogP contribution in [0.1, 0.15) is 31.1 Å². The van der Waals surface area contributed by atoms with Crippen molar-refractivity contribution < 1.29 is 14.3 Å². The van der Waals surface area contributed by atoms with E-state index in [1.165, 1.54) is 7.11 Å². The van der Waals surface area contributed by atoms with Gasteiger partial charge in [-0.1, -0.05) is 12.1 Å². The van der Waals surface area contributed by atoms with E-state index >= 15 is 0 Å². The molecule has 114 valence electrons. The van der Waals surface area contributed by atoms with E-state index in [9.17, 15) is 9.59 Å². The summed E-state index contributed by atoms with van der Waals surface area (Å²) < 4.78 is 5.22. The molecular weight excluding hydrogens is 268 g/mol. The number of ether oxygens (including phenoxy) is 1. The molecule has 0 aromatic heterocycles. The van der Waals surface area contributed by atoms with Crippen molar-refractivity contribution >= 4 is 11.8 Å². The van der Waals surface area contributed by atoms with Gasteiger partial charge in [0.05, 0.1) is 12.7 Å². The van der Waals surface area contributed by atoms with E-state index in [0.29, 0.717) is 24.4 Å². The van der Waals surface area contributed by atoms with Gasteiger partial charge in [0, 0.05) is 18.6 Å². The maximum absolute atomic E-state index is 12.6. The van der Waals surface area contributed by atoms with Gasteiger partial charge in [0.25, 0.3) is 5.91 Å². The van der Waals surface area contributed by atoms with Gasteiger partial charge in [0.1, 0.15) is 12.3 Å². The van der Waals surface area contributed by atoms with E-state index < -0.39 is 0 Å². The van der Waals surface area contributed by atoms with Gasteiger partial charge < -0.3 is 14.5 Å². The topological polar surface area (TPSA) is 49.9 Å². The van der Waals surface area contributed by atoms with Crippen molar-refractivity contribution in [2.75, 3.05) is 26.7 Å². The van der Waals surface area contributed by atoms with Gasteiger partial charge in [0.2, 0.25) is 5.91 Å². The molecule has 0 unspecified atom stereocenters. The van der Waals surface area contributed by atoms with Crippen LogP contribution in [0.3, 0.4) is 0 Å². The minimum Gasteiger partial charge on any atom is -0.496 e. The number of para-hydroxylation sites is 1. The van der Waals surface area contributed by atoms with Crippen LogP contribution in [-0.4, -0.2) is 53.9 Å². The number of hydrogen-bond donors (Lipinski definition) is 0. The van der Waals surface area contributed by atoms with Crippen LogP contribution in [-0.2, 0) is 4.79 Å². The highest BCUT2D eigenvalue weighted by atomic mass is 16.5. The average Bonchev–Trinajstić information content (AvgIpc) is 2.45. The minimum atomic E-state index is -0.212. The second-order valence-corrected chi connectivity index (χ2v) is 6.14. The zero-order valence-corrected chi connectivity index (χ0v) is 13.0. The quantitative estimate of drug-likeness (QED) is 0.834. The first-order valence-corrected chi connectivity index (χ1v) is 7.07. The van der Waals surface area contributed by atoms with Crippen molar-refractivity contribution in [1.82, 2.24) is 9.80 Å². The lowest BCUT2D eigenvalue weighted by Gasteiger charge is -2.42. The molecule has 0 aliphatic carbocycles. The summed E-state index contributed by atoms with van der Waals surface area (Å²) in [5.74, 6) is 0.361. The van der Waals surface area contributed by atoms with Gasteiger partial charge >= 0.3 is 0 Å². The molecule has 21 heavy (non-hydrogen) atoms. The number of carbonyl (C=O) groups is 2. The number of amides is 2.